The molecule has 0 saturated carbocycles. The Morgan fingerprint density at radius 2 is 1.88 bits per heavy atom. The minimum Gasteiger partial charge on any atom is -0.443 e. The molecule has 3 nitrogen and oxygen atoms in total. The first-order chi connectivity index (χ1) is 7.44. The zero-order valence-electron chi connectivity index (χ0n) is 9.44. The van der Waals surface area contributed by atoms with E-state index in [1.165, 1.54) is 4.31 Å². The van der Waals surface area contributed by atoms with Crippen molar-refractivity contribution in [3.05, 3.63) is 30.3 Å². The molecular formula is C11H14BrNO2S. The molecule has 0 aromatic heterocycles. The Balaban J connectivity index is 2.80. The third-order valence-corrected chi connectivity index (χ3v) is 2.99. The highest BCUT2D eigenvalue weighted by molar-refractivity contribution is 9.50. The van der Waals surface area contributed by atoms with Gasteiger partial charge in [-0.1, -0.05) is 18.2 Å². The zero-order chi connectivity index (χ0) is 12.2. The number of anilines is 1. The number of para-hydroxylation sites is 1. The molecule has 0 bridgehead atoms. The zero-order valence-corrected chi connectivity index (χ0v) is 11.8. The molecule has 0 aliphatic carbocycles. The van der Waals surface area contributed by atoms with Gasteiger partial charge in [0.2, 0.25) is 0 Å². The molecule has 0 fully saturated rings. The Bertz CT molecular complexity index is 351. The second-order valence-corrected chi connectivity index (χ2v) is 5.55. The number of benzene rings is 1. The van der Waals surface area contributed by atoms with E-state index in [4.69, 9.17) is 4.74 Å². The summed E-state index contributed by atoms with van der Waals surface area (Å²) in [7, 11) is 1.14. The van der Waals surface area contributed by atoms with Gasteiger partial charge in [-0.15, -0.1) is 0 Å². The van der Waals surface area contributed by atoms with Crippen molar-refractivity contribution in [2.24, 2.45) is 0 Å². The SMILES string of the molecule is CC(C)(C)OC(=O)N(SBr)c1ccccc1. The normalized spacial score (nSPS) is 11.0. The number of hydrogen-bond acceptors (Lipinski definition) is 3. The molecule has 0 saturated heterocycles. The summed E-state index contributed by atoms with van der Waals surface area (Å²) in [5.41, 5.74) is 0.283. The summed E-state index contributed by atoms with van der Waals surface area (Å²) in [6, 6.07) is 9.33. The van der Waals surface area contributed by atoms with Crippen LogP contribution in [-0.2, 0) is 4.74 Å². The van der Waals surface area contributed by atoms with Crippen LogP contribution in [0.5, 0.6) is 0 Å². The summed E-state index contributed by atoms with van der Waals surface area (Å²) in [6.45, 7) is 5.52. The summed E-state index contributed by atoms with van der Waals surface area (Å²) in [4.78, 5) is 11.8. The van der Waals surface area contributed by atoms with Crippen molar-refractivity contribution in [2.45, 2.75) is 26.4 Å². The van der Waals surface area contributed by atoms with Gasteiger partial charge in [0.1, 0.15) is 5.60 Å². The lowest BCUT2D eigenvalue weighted by molar-refractivity contribution is 0.0612. The summed E-state index contributed by atoms with van der Waals surface area (Å²) in [5.74, 6) is 0. The number of hydrogen-bond donors (Lipinski definition) is 0. The largest absolute Gasteiger partial charge is 0.443 e. The molecule has 1 aromatic carbocycles. The fraction of sp³-hybridized carbons (Fsp3) is 0.364. The lowest BCUT2D eigenvalue weighted by atomic mass is 10.2. The molecule has 0 spiro atoms. The Labute approximate surface area is 107 Å². The van der Waals surface area contributed by atoms with Crippen molar-refractivity contribution in [2.75, 3.05) is 4.31 Å². The molecule has 0 unspecified atom stereocenters. The molecule has 0 atom stereocenters. The highest BCUT2D eigenvalue weighted by Crippen LogP contribution is 2.28. The Morgan fingerprint density at radius 3 is 2.31 bits per heavy atom. The highest BCUT2D eigenvalue weighted by atomic mass is 79.9. The topological polar surface area (TPSA) is 29.5 Å². The Hall–Kier alpha value is -0.680. The minimum atomic E-state index is -0.493. The standard InChI is InChI=1S/C11H14BrNO2S/c1-11(2,3)15-10(14)13(16-12)9-7-5-4-6-8-9/h4-8H,1-3H3. The van der Waals surface area contributed by atoms with Gasteiger partial charge in [-0.05, 0) is 32.9 Å². The van der Waals surface area contributed by atoms with E-state index in [2.05, 4.69) is 14.8 Å². The van der Waals surface area contributed by atoms with Crippen LogP contribution in [0.25, 0.3) is 0 Å². The monoisotopic (exact) mass is 303 g/mol. The second-order valence-electron chi connectivity index (χ2n) is 4.18. The van der Waals surface area contributed by atoms with Crippen LogP contribution in [-0.4, -0.2) is 11.7 Å². The first kappa shape index (κ1) is 13.4. The van der Waals surface area contributed by atoms with E-state index < -0.39 is 5.60 Å². The van der Waals surface area contributed by atoms with Gasteiger partial charge in [-0.3, -0.25) is 0 Å². The van der Waals surface area contributed by atoms with Gasteiger partial charge in [0.15, 0.2) is 0 Å². The smallest absolute Gasteiger partial charge is 0.425 e. The summed E-state index contributed by atoms with van der Waals surface area (Å²) >= 11 is 3.20. The number of ether oxygens (including phenoxy) is 1. The van der Waals surface area contributed by atoms with E-state index in [1.807, 2.05) is 51.1 Å². The van der Waals surface area contributed by atoms with E-state index >= 15 is 0 Å². The molecule has 1 rings (SSSR count). The molecule has 0 aliphatic heterocycles. The van der Waals surface area contributed by atoms with Gasteiger partial charge in [0, 0.05) is 25.2 Å². The third-order valence-electron chi connectivity index (χ3n) is 1.62. The molecule has 0 radical (unpaired) electrons. The van der Waals surface area contributed by atoms with Crippen molar-refractivity contribution in [1.29, 1.82) is 0 Å². The fourth-order valence-electron chi connectivity index (χ4n) is 1.04. The van der Waals surface area contributed by atoms with Crippen molar-refractivity contribution in [3.8, 4) is 0 Å². The van der Waals surface area contributed by atoms with Crippen LogP contribution < -0.4 is 4.31 Å². The summed E-state index contributed by atoms with van der Waals surface area (Å²) < 4.78 is 6.73. The average Bonchev–Trinajstić information content (AvgIpc) is 2.17. The summed E-state index contributed by atoms with van der Waals surface area (Å²) in [6.07, 6.45) is -0.388. The molecule has 0 heterocycles. The van der Waals surface area contributed by atoms with E-state index in [0.29, 0.717) is 0 Å². The lowest BCUT2D eigenvalue weighted by Crippen LogP contribution is -2.32. The number of carbonyl (C=O) groups is 1. The van der Waals surface area contributed by atoms with Gasteiger partial charge in [-0.25, -0.2) is 9.10 Å². The van der Waals surface area contributed by atoms with Gasteiger partial charge < -0.3 is 4.74 Å². The van der Waals surface area contributed by atoms with E-state index in [0.717, 1.165) is 16.1 Å². The number of halogens is 1. The molecule has 0 N–H and O–H groups in total. The first-order valence-corrected chi connectivity index (χ1v) is 7.42. The van der Waals surface area contributed by atoms with Crippen LogP contribution in [0.3, 0.4) is 0 Å². The fourth-order valence-corrected chi connectivity index (χ4v) is 2.19. The predicted molar refractivity (Wildman–Crippen MR) is 71.7 cm³/mol. The molecule has 1 aromatic rings. The average molecular weight is 304 g/mol. The van der Waals surface area contributed by atoms with Crippen LogP contribution in [0, 0.1) is 0 Å². The van der Waals surface area contributed by atoms with Crippen LogP contribution in [0.15, 0.2) is 30.3 Å². The molecular weight excluding hydrogens is 290 g/mol. The minimum absolute atomic E-state index is 0.388. The molecule has 16 heavy (non-hydrogen) atoms. The molecule has 1 amide bonds. The quantitative estimate of drug-likeness (QED) is 0.759. The van der Waals surface area contributed by atoms with Crippen LogP contribution >= 0.6 is 25.2 Å². The Morgan fingerprint density at radius 1 is 1.31 bits per heavy atom. The third kappa shape index (κ3) is 4.06. The van der Waals surface area contributed by atoms with Crippen molar-refractivity contribution < 1.29 is 9.53 Å². The highest BCUT2D eigenvalue weighted by Gasteiger charge is 2.23. The second kappa shape index (κ2) is 5.59. The summed E-state index contributed by atoms with van der Waals surface area (Å²) in [5, 5.41) is 0. The maximum Gasteiger partial charge on any atom is 0.425 e. The Kier molecular flexibility index (Phi) is 4.68. The number of nitrogens with zero attached hydrogens (tertiary/aromatic N) is 1. The first-order valence-electron chi connectivity index (χ1n) is 4.81. The van der Waals surface area contributed by atoms with Crippen molar-refractivity contribution in [3.63, 3.8) is 0 Å². The number of carbonyl (C=O) groups excluding carboxylic acids is 1. The van der Waals surface area contributed by atoms with Crippen LogP contribution in [0.1, 0.15) is 20.8 Å². The van der Waals surface area contributed by atoms with Crippen LogP contribution in [0.2, 0.25) is 0 Å². The maximum atomic E-state index is 11.8. The number of amides is 1. The molecule has 88 valence electrons. The lowest BCUT2D eigenvalue weighted by Gasteiger charge is -2.24. The van der Waals surface area contributed by atoms with Crippen molar-refractivity contribution >= 4 is 37.0 Å². The van der Waals surface area contributed by atoms with E-state index in [1.54, 1.807) is 0 Å². The van der Waals surface area contributed by atoms with Gasteiger partial charge in [0.25, 0.3) is 0 Å². The molecule has 5 heteroatoms. The predicted octanol–water partition coefficient (Wildman–Crippen LogP) is 4.39. The molecule has 0 aliphatic rings. The van der Waals surface area contributed by atoms with Gasteiger partial charge in [-0.2, -0.15) is 0 Å². The van der Waals surface area contributed by atoms with E-state index in [-0.39, 0.29) is 6.09 Å². The van der Waals surface area contributed by atoms with Crippen LogP contribution in [0.4, 0.5) is 10.5 Å². The van der Waals surface area contributed by atoms with Gasteiger partial charge in [0.05, 0.1) is 5.69 Å². The number of rotatable bonds is 2. The maximum absolute atomic E-state index is 11.8. The van der Waals surface area contributed by atoms with Crippen molar-refractivity contribution in [1.82, 2.24) is 0 Å². The van der Waals surface area contributed by atoms with E-state index in [9.17, 15) is 4.79 Å². The van der Waals surface area contributed by atoms with Gasteiger partial charge >= 0.3 is 6.09 Å².